The quantitative estimate of drug-likeness (QED) is 0.850. The molecule has 0 aliphatic carbocycles. The molecule has 1 atom stereocenters. The summed E-state index contributed by atoms with van der Waals surface area (Å²) in [6.45, 7) is 4.72. The van der Waals surface area contributed by atoms with E-state index in [4.69, 9.17) is 4.74 Å². The lowest BCUT2D eigenvalue weighted by Gasteiger charge is -2.20. The number of para-hydroxylation sites is 1. The summed E-state index contributed by atoms with van der Waals surface area (Å²) in [5.41, 5.74) is 1.75. The van der Waals surface area contributed by atoms with Gasteiger partial charge in [-0.05, 0) is 25.0 Å². The van der Waals surface area contributed by atoms with Crippen LogP contribution in [0.25, 0.3) is 11.0 Å². The fraction of sp³-hybridized carbons (Fsp3) is 0.500. The number of aromatic nitrogens is 2. The number of aryl methyl sites for hydroxylation is 1. The van der Waals surface area contributed by atoms with E-state index in [1.165, 1.54) is 0 Å². The van der Waals surface area contributed by atoms with Gasteiger partial charge in [-0.25, -0.2) is 9.78 Å². The molecule has 0 amide bonds. The molecule has 1 heterocycles. The Morgan fingerprint density at radius 2 is 2.19 bits per heavy atom. The lowest BCUT2D eigenvalue weighted by atomic mass is 10.1. The monoisotopic (exact) mass is 290 g/mol. The van der Waals surface area contributed by atoms with Gasteiger partial charge in [-0.3, -0.25) is 0 Å². The summed E-state index contributed by atoms with van der Waals surface area (Å²) in [4.78, 5) is 16.2. The molecule has 0 fully saturated rings. The van der Waals surface area contributed by atoms with Crippen molar-refractivity contribution in [2.75, 3.05) is 13.7 Å². The molecule has 0 saturated heterocycles. The number of nitrogens with zero attached hydrogens (tertiary/aromatic N) is 2. The molecule has 1 aromatic heterocycles. The highest BCUT2D eigenvalue weighted by Crippen LogP contribution is 2.27. The zero-order valence-corrected chi connectivity index (χ0v) is 12.8. The number of hydrogen-bond acceptors (Lipinski definition) is 3. The van der Waals surface area contributed by atoms with E-state index >= 15 is 0 Å². The van der Waals surface area contributed by atoms with E-state index in [2.05, 4.69) is 23.4 Å². The van der Waals surface area contributed by atoms with Crippen LogP contribution in [0.2, 0.25) is 0 Å². The van der Waals surface area contributed by atoms with Gasteiger partial charge in [0, 0.05) is 13.5 Å². The summed E-state index contributed by atoms with van der Waals surface area (Å²) >= 11 is 0. The van der Waals surface area contributed by atoms with E-state index in [9.17, 15) is 9.90 Å². The second kappa shape index (κ2) is 6.72. The average molecular weight is 290 g/mol. The number of rotatable bonds is 7. The molecule has 2 rings (SSSR count). The second-order valence-corrected chi connectivity index (χ2v) is 5.14. The van der Waals surface area contributed by atoms with Gasteiger partial charge < -0.3 is 14.4 Å². The molecule has 1 unspecified atom stereocenters. The maximum Gasteiger partial charge on any atom is 0.337 e. The minimum Gasteiger partial charge on any atom is -0.478 e. The normalized spacial score (nSPS) is 12.7. The van der Waals surface area contributed by atoms with Gasteiger partial charge in [0.05, 0.1) is 29.2 Å². The topological polar surface area (TPSA) is 64.3 Å². The van der Waals surface area contributed by atoms with Crippen molar-refractivity contribution in [3.63, 3.8) is 0 Å². The molecule has 0 aliphatic heterocycles. The number of methoxy groups -OCH3 is 1. The van der Waals surface area contributed by atoms with Crippen LogP contribution in [0.5, 0.6) is 0 Å². The van der Waals surface area contributed by atoms with E-state index < -0.39 is 5.97 Å². The van der Waals surface area contributed by atoms with E-state index in [-0.39, 0.29) is 6.04 Å². The van der Waals surface area contributed by atoms with Crippen LogP contribution in [0.1, 0.15) is 48.9 Å². The zero-order valence-electron chi connectivity index (χ0n) is 12.8. The van der Waals surface area contributed by atoms with E-state index in [1.807, 2.05) is 6.07 Å². The largest absolute Gasteiger partial charge is 0.478 e. The highest BCUT2D eigenvalue weighted by atomic mass is 16.5. The molecule has 1 N–H and O–H groups in total. The number of carboxylic acid groups (broad SMARTS) is 1. The van der Waals surface area contributed by atoms with Crippen molar-refractivity contribution in [1.29, 1.82) is 0 Å². The number of hydrogen-bond donors (Lipinski definition) is 1. The van der Waals surface area contributed by atoms with Crippen molar-refractivity contribution < 1.29 is 14.6 Å². The fourth-order valence-corrected chi connectivity index (χ4v) is 2.73. The third kappa shape index (κ3) is 2.93. The first kappa shape index (κ1) is 15.5. The first-order valence-electron chi connectivity index (χ1n) is 7.36. The first-order chi connectivity index (χ1) is 10.1. The molecule has 5 nitrogen and oxygen atoms in total. The maximum atomic E-state index is 11.5. The highest BCUT2D eigenvalue weighted by Gasteiger charge is 2.21. The van der Waals surface area contributed by atoms with Gasteiger partial charge in [-0.15, -0.1) is 0 Å². The summed E-state index contributed by atoms with van der Waals surface area (Å²) in [7, 11) is 1.67. The Morgan fingerprint density at radius 3 is 2.76 bits per heavy atom. The van der Waals surface area contributed by atoms with Crippen LogP contribution in [0.3, 0.4) is 0 Å². The average Bonchev–Trinajstić information content (AvgIpc) is 2.83. The van der Waals surface area contributed by atoms with Crippen LogP contribution in [-0.4, -0.2) is 34.3 Å². The van der Waals surface area contributed by atoms with Gasteiger partial charge in [0.15, 0.2) is 0 Å². The molecule has 114 valence electrons. The number of fused-ring (bicyclic) bond motifs is 1. The van der Waals surface area contributed by atoms with Crippen LogP contribution < -0.4 is 0 Å². The highest BCUT2D eigenvalue weighted by molar-refractivity contribution is 6.01. The summed E-state index contributed by atoms with van der Waals surface area (Å²) in [6.07, 6.45) is 2.66. The number of aromatic carboxylic acids is 1. The van der Waals surface area contributed by atoms with Crippen molar-refractivity contribution in [3.05, 3.63) is 29.6 Å². The van der Waals surface area contributed by atoms with Crippen LogP contribution in [0.4, 0.5) is 0 Å². The first-order valence-corrected chi connectivity index (χ1v) is 7.36. The third-order valence-electron chi connectivity index (χ3n) is 3.68. The van der Waals surface area contributed by atoms with E-state index in [0.29, 0.717) is 17.7 Å². The Morgan fingerprint density at radius 1 is 1.43 bits per heavy atom. The van der Waals surface area contributed by atoms with Crippen LogP contribution in [0, 0.1) is 0 Å². The molecule has 0 aliphatic rings. The SMILES string of the molecule is CCCc1nc2cccc(C(=O)O)c2n1C(CC)COC. The minimum atomic E-state index is -0.919. The number of carbonyl (C=O) groups is 1. The van der Waals surface area contributed by atoms with Gasteiger partial charge in [0.25, 0.3) is 0 Å². The molecule has 1 aromatic carbocycles. The molecule has 2 aromatic rings. The van der Waals surface area contributed by atoms with Crippen molar-refractivity contribution in [2.24, 2.45) is 0 Å². The van der Waals surface area contributed by atoms with E-state index in [0.717, 1.165) is 30.6 Å². The van der Waals surface area contributed by atoms with Gasteiger partial charge in [0.2, 0.25) is 0 Å². The maximum absolute atomic E-state index is 11.5. The third-order valence-corrected chi connectivity index (χ3v) is 3.68. The number of benzene rings is 1. The zero-order chi connectivity index (χ0) is 15.4. The molecule has 21 heavy (non-hydrogen) atoms. The van der Waals surface area contributed by atoms with Crippen LogP contribution in [-0.2, 0) is 11.2 Å². The lowest BCUT2D eigenvalue weighted by Crippen LogP contribution is -2.17. The Balaban J connectivity index is 2.72. The number of carboxylic acids is 1. The molecular weight excluding hydrogens is 268 g/mol. The van der Waals surface area contributed by atoms with Gasteiger partial charge in [-0.2, -0.15) is 0 Å². The van der Waals surface area contributed by atoms with Crippen molar-refractivity contribution >= 4 is 17.0 Å². The summed E-state index contributed by atoms with van der Waals surface area (Å²) in [5, 5.41) is 9.46. The van der Waals surface area contributed by atoms with Gasteiger partial charge in [0.1, 0.15) is 5.82 Å². The summed E-state index contributed by atoms with van der Waals surface area (Å²) < 4.78 is 7.37. The van der Waals surface area contributed by atoms with Gasteiger partial charge >= 0.3 is 5.97 Å². The summed E-state index contributed by atoms with van der Waals surface area (Å²) in [6, 6.07) is 5.35. The lowest BCUT2D eigenvalue weighted by molar-refractivity contribution is 0.0698. The van der Waals surface area contributed by atoms with Crippen LogP contribution in [0.15, 0.2) is 18.2 Å². The molecule has 0 bridgehead atoms. The minimum absolute atomic E-state index is 0.0991. The smallest absolute Gasteiger partial charge is 0.337 e. The van der Waals surface area contributed by atoms with Gasteiger partial charge in [-0.1, -0.05) is 19.9 Å². The fourth-order valence-electron chi connectivity index (χ4n) is 2.73. The molecular formula is C16H22N2O3. The standard InChI is InChI=1S/C16H22N2O3/c1-4-7-14-17-13-9-6-8-12(16(19)20)15(13)18(14)11(5-2)10-21-3/h6,8-9,11H,4-5,7,10H2,1-3H3,(H,19,20). The Labute approximate surface area is 124 Å². The van der Waals surface area contributed by atoms with Crippen molar-refractivity contribution in [1.82, 2.24) is 9.55 Å². The summed E-state index contributed by atoms with van der Waals surface area (Å²) in [5.74, 6) is 0.0159. The molecule has 0 spiro atoms. The molecule has 0 saturated carbocycles. The second-order valence-electron chi connectivity index (χ2n) is 5.14. The molecule has 0 radical (unpaired) electrons. The van der Waals surface area contributed by atoms with Crippen molar-refractivity contribution in [2.45, 2.75) is 39.2 Å². The Bertz CT molecular complexity index is 634. The number of ether oxygens (including phenoxy) is 1. The number of imidazole rings is 1. The van der Waals surface area contributed by atoms with E-state index in [1.54, 1.807) is 19.2 Å². The Hall–Kier alpha value is -1.88. The predicted molar refractivity (Wildman–Crippen MR) is 81.9 cm³/mol. The molecule has 5 heteroatoms. The van der Waals surface area contributed by atoms with Crippen LogP contribution >= 0.6 is 0 Å². The predicted octanol–water partition coefficient (Wildman–Crippen LogP) is 3.28. The Kier molecular flexibility index (Phi) is 4.96. The van der Waals surface area contributed by atoms with Crippen molar-refractivity contribution in [3.8, 4) is 0 Å².